The van der Waals surface area contributed by atoms with Crippen LogP contribution in [0.1, 0.15) is 28.4 Å². The molecule has 116 valence electrons. The third-order valence-corrected chi connectivity index (χ3v) is 3.83. The van der Waals surface area contributed by atoms with Crippen LogP contribution in [0.3, 0.4) is 0 Å². The Bertz CT molecular complexity index is 572. The molecule has 0 radical (unpaired) electrons. The monoisotopic (exact) mass is 347 g/mol. The van der Waals surface area contributed by atoms with E-state index in [1.165, 1.54) is 0 Å². The van der Waals surface area contributed by atoms with Crippen LogP contribution < -0.4 is 11.1 Å². The molecule has 2 aromatic rings. The van der Waals surface area contributed by atoms with E-state index in [9.17, 15) is 4.79 Å². The molecule has 2 rings (SSSR count). The average Bonchev–Trinajstić information content (AvgIpc) is 2.79. The van der Waals surface area contributed by atoms with Crippen molar-refractivity contribution < 1.29 is 4.79 Å². The number of halogens is 2. The number of aryl methyl sites for hydroxylation is 1. The third kappa shape index (κ3) is 5.91. The molecule has 1 heterocycles. The summed E-state index contributed by atoms with van der Waals surface area (Å²) in [6.07, 6.45) is 2.18. The Balaban J connectivity index is 0.00000200. The van der Waals surface area contributed by atoms with Crippen molar-refractivity contribution in [1.29, 1.82) is 0 Å². The van der Waals surface area contributed by atoms with Crippen molar-refractivity contribution in [2.45, 2.75) is 26.3 Å². The number of nitrogen functional groups attached to an aromatic ring is 1. The second-order valence-electron chi connectivity index (χ2n) is 4.52. The highest BCUT2D eigenvalue weighted by Gasteiger charge is 2.12. The molecule has 0 fully saturated rings. The number of carbonyl (C=O) groups excluding carboxylic acids is 1. The van der Waals surface area contributed by atoms with Crippen molar-refractivity contribution in [3.63, 3.8) is 0 Å². The van der Waals surface area contributed by atoms with Gasteiger partial charge in [0, 0.05) is 16.8 Å². The largest absolute Gasteiger partial charge is 0.399 e. The van der Waals surface area contributed by atoms with Gasteiger partial charge in [-0.3, -0.25) is 4.79 Å². The number of nitrogens with two attached hydrogens (primary N) is 1. The summed E-state index contributed by atoms with van der Waals surface area (Å²) in [6, 6.07) is 7.28. The van der Waals surface area contributed by atoms with E-state index in [1.54, 1.807) is 23.5 Å². The standard InChI is InChI=1S/C14H17N3OS.2ClH/c1-9-8-16-14(19-9)10(2)17-13(18)7-11-3-5-12(15)6-4-11;;/h3-6,8,10H,7,15H2,1-2H3,(H,17,18);2*1H. The molecule has 0 aliphatic rings. The van der Waals surface area contributed by atoms with Crippen LogP contribution in [-0.4, -0.2) is 10.9 Å². The number of anilines is 1. The van der Waals surface area contributed by atoms with Crippen LogP contribution in [0.25, 0.3) is 0 Å². The Labute approximate surface area is 141 Å². The van der Waals surface area contributed by atoms with Gasteiger partial charge in [-0.1, -0.05) is 12.1 Å². The van der Waals surface area contributed by atoms with Crippen molar-refractivity contribution in [3.05, 3.63) is 45.9 Å². The van der Waals surface area contributed by atoms with E-state index < -0.39 is 0 Å². The van der Waals surface area contributed by atoms with Gasteiger partial charge in [0.05, 0.1) is 12.5 Å². The minimum Gasteiger partial charge on any atom is -0.399 e. The molecular formula is C14H19Cl2N3OS. The lowest BCUT2D eigenvalue weighted by Crippen LogP contribution is -2.28. The van der Waals surface area contributed by atoms with Crippen LogP contribution in [0.5, 0.6) is 0 Å². The van der Waals surface area contributed by atoms with Gasteiger partial charge in [0.2, 0.25) is 5.91 Å². The van der Waals surface area contributed by atoms with E-state index in [1.807, 2.05) is 32.2 Å². The van der Waals surface area contributed by atoms with E-state index in [0.29, 0.717) is 12.1 Å². The molecule has 4 nitrogen and oxygen atoms in total. The first-order chi connectivity index (χ1) is 9.04. The second kappa shape index (κ2) is 8.87. The average molecular weight is 348 g/mol. The molecule has 0 saturated carbocycles. The summed E-state index contributed by atoms with van der Waals surface area (Å²) >= 11 is 1.60. The normalized spacial score (nSPS) is 11.0. The first kappa shape index (κ1) is 19.7. The number of nitrogens with one attached hydrogen (secondary N) is 1. The first-order valence-electron chi connectivity index (χ1n) is 6.10. The summed E-state index contributed by atoms with van der Waals surface area (Å²) in [5.41, 5.74) is 7.27. The smallest absolute Gasteiger partial charge is 0.224 e. The number of aromatic nitrogens is 1. The van der Waals surface area contributed by atoms with Crippen LogP contribution in [-0.2, 0) is 11.2 Å². The Kier molecular flexibility index (Phi) is 8.32. The zero-order valence-electron chi connectivity index (χ0n) is 11.8. The number of nitrogens with zero attached hydrogens (tertiary/aromatic N) is 1. The van der Waals surface area contributed by atoms with Crippen molar-refractivity contribution in [2.75, 3.05) is 5.73 Å². The topological polar surface area (TPSA) is 68.0 Å². The molecule has 21 heavy (non-hydrogen) atoms. The molecule has 7 heteroatoms. The SMILES string of the molecule is Cc1cnc(C(C)NC(=O)Cc2ccc(N)cc2)s1.Cl.Cl. The predicted octanol–water partition coefficient (Wildman–Crippen LogP) is 3.30. The summed E-state index contributed by atoms with van der Waals surface area (Å²) in [7, 11) is 0. The van der Waals surface area contributed by atoms with Crippen LogP contribution in [0, 0.1) is 6.92 Å². The number of carbonyl (C=O) groups is 1. The Morgan fingerprint density at radius 1 is 1.33 bits per heavy atom. The maximum Gasteiger partial charge on any atom is 0.224 e. The summed E-state index contributed by atoms with van der Waals surface area (Å²) in [4.78, 5) is 17.3. The zero-order valence-corrected chi connectivity index (χ0v) is 14.3. The van der Waals surface area contributed by atoms with Gasteiger partial charge in [0.15, 0.2) is 0 Å². The number of benzene rings is 1. The van der Waals surface area contributed by atoms with Gasteiger partial charge in [-0.15, -0.1) is 36.2 Å². The quantitative estimate of drug-likeness (QED) is 0.833. The summed E-state index contributed by atoms with van der Waals surface area (Å²) < 4.78 is 0. The van der Waals surface area contributed by atoms with Gasteiger partial charge >= 0.3 is 0 Å². The maximum absolute atomic E-state index is 11.9. The lowest BCUT2D eigenvalue weighted by Gasteiger charge is -2.11. The first-order valence-corrected chi connectivity index (χ1v) is 6.92. The minimum absolute atomic E-state index is 0. The number of amides is 1. The van der Waals surface area contributed by atoms with Crippen LogP contribution in [0.4, 0.5) is 5.69 Å². The molecule has 0 aliphatic carbocycles. The van der Waals surface area contributed by atoms with Crippen LogP contribution in [0.2, 0.25) is 0 Å². The third-order valence-electron chi connectivity index (χ3n) is 2.73. The highest BCUT2D eigenvalue weighted by molar-refractivity contribution is 7.11. The van der Waals surface area contributed by atoms with Gasteiger partial charge in [-0.25, -0.2) is 4.98 Å². The van der Waals surface area contributed by atoms with Crippen LogP contribution >= 0.6 is 36.2 Å². The van der Waals surface area contributed by atoms with Crippen molar-refractivity contribution in [3.8, 4) is 0 Å². The van der Waals surface area contributed by atoms with Gasteiger partial charge in [-0.2, -0.15) is 0 Å². The Morgan fingerprint density at radius 2 is 1.95 bits per heavy atom. The molecule has 1 aromatic carbocycles. The molecule has 3 N–H and O–H groups in total. The van der Waals surface area contributed by atoms with E-state index >= 15 is 0 Å². The molecule has 0 aliphatic heterocycles. The van der Waals surface area contributed by atoms with Gasteiger partial charge in [0.25, 0.3) is 0 Å². The predicted molar refractivity (Wildman–Crippen MR) is 92.5 cm³/mol. The lowest BCUT2D eigenvalue weighted by molar-refractivity contribution is -0.121. The van der Waals surface area contributed by atoms with Crippen molar-refractivity contribution in [1.82, 2.24) is 10.3 Å². The Morgan fingerprint density at radius 3 is 2.48 bits per heavy atom. The lowest BCUT2D eigenvalue weighted by atomic mass is 10.1. The molecule has 1 atom stereocenters. The number of rotatable bonds is 4. The molecule has 1 unspecified atom stereocenters. The molecule has 0 saturated heterocycles. The second-order valence-corrected chi connectivity index (χ2v) is 5.78. The molecular weight excluding hydrogens is 329 g/mol. The fraction of sp³-hybridized carbons (Fsp3) is 0.286. The van der Waals surface area contributed by atoms with E-state index in [-0.39, 0.29) is 36.8 Å². The molecule has 0 bridgehead atoms. The van der Waals surface area contributed by atoms with Gasteiger partial charge < -0.3 is 11.1 Å². The van der Waals surface area contributed by atoms with Gasteiger partial charge in [0.1, 0.15) is 5.01 Å². The van der Waals surface area contributed by atoms with E-state index in [4.69, 9.17) is 5.73 Å². The highest BCUT2D eigenvalue weighted by atomic mass is 35.5. The highest BCUT2D eigenvalue weighted by Crippen LogP contribution is 2.19. The fourth-order valence-electron chi connectivity index (χ4n) is 1.75. The molecule has 1 amide bonds. The van der Waals surface area contributed by atoms with E-state index in [2.05, 4.69) is 10.3 Å². The number of thiazole rings is 1. The summed E-state index contributed by atoms with van der Waals surface area (Å²) in [6.45, 7) is 3.95. The molecule has 1 aromatic heterocycles. The summed E-state index contributed by atoms with van der Waals surface area (Å²) in [5, 5.41) is 3.88. The maximum atomic E-state index is 11.9. The molecule has 0 spiro atoms. The van der Waals surface area contributed by atoms with Gasteiger partial charge in [-0.05, 0) is 31.5 Å². The van der Waals surface area contributed by atoms with Crippen molar-refractivity contribution in [2.24, 2.45) is 0 Å². The van der Waals surface area contributed by atoms with Crippen LogP contribution in [0.15, 0.2) is 30.5 Å². The van der Waals surface area contributed by atoms with Crippen molar-refractivity contribution >= 4 is 47.7 Å². The Hall–Kier alpha value is -1.30. The number of hydrogen-bond acceptors (Lipinski definition) is 4. The zero-order chi connectivity index (χ0) is 13.8. The number of hydrogen-bond donors (Lipinski definition) is 2. The van der Waals surface area contributed by atoms with E-state index in [0.717, 1.165) is 15.4 Å². The minimum atomic E-state index is -0.0556. The fourth-order valence-corrected chi connectivity index (χ4v) is 2.52. The summed E-state index contributed by atoms with van der Waals surface area (Å²) in [5.74, 6) is -0.00914.